The van der Waals surface area contributed by atoms with Gasteiger partial charge >= 0.3 is 0 Å². The number of benzene rings is 2. The maximum Gasteiger partial charge on any atom is 0.228 e. The second-order valence-corrected chi connectivity index (χ2v) is 9.26. The van der Waals surface area contributed by atoms with E-state index in [9.17, 15) is 4.79 Å². The Labute approximate surface area is 208 Å². The van der Waals surface area contributed by atoms with Crippen LogP contribution in [0.15, 0.2) is 60.8 Å². The second kappa shape index (κ2) is 9.93. The van der Waals surface area contributed by atoms with E-state index in [4.69, 9.17) is 21.3 Å². The number of fused-ring (bicyclic) bond motifs is 1. The minimum Gasteiger partial charge on any atom is -0.457 e. The van der Waals surface area contributed by atoms with Crippen molar-refractivity contribution in [1.82, 2.24) is 19.4 Å². The molecule has 1 saturated heterocycles. The average Bonchev–Trinajstić information content (AvgIpc) is 3.15. The van der Waals surface area contributed by atoms with E-state index in [1.807, 2.05) is 54.1 Å². The Kier molecular flexibility index (Phi) is 6.57. The number of hydrogen-bond acceptors (Lipinski definition) is 6. The van der Waals surface area contributed by atoms with Crippen molar-refractivity contribution >= 4 is 46.0 Å². The van der Waals surface area contributed by atoms with Crippen molar-refractivity contribution in [2.45, 2.75) is 12.8 Å². The molecule has 8 nitrogen and oxygen atoms in total. The van der Waals surface area contributed by atoms with Gasteiger partial charge in [-0.2, -0.15) is 0 Å². The van der Waals surface area contributed by atoms with Crippen LogP contribution in [-0.4, -0.2) is 45.5 Å². The van der Waals surface area contributed by atoms with Crippen LogP contribution in [0.3, 0.4) is 0 Å². The number of nitrogens with one attached hydrogen (secondary N) is 2. The van der Waals surface area contributed by atoms with Gasteiger partial charge in [0.05, 0.1) is 11.0 Å². The summed E-state index contributed by atoms with van der Waals surface area (Å²) >= 11 is 5.98. The lowest BCUT2D eigenvalue weighted by molar-refractivity contribution is -0.121. The molecule has 0 aliphatic carbocycles. The largest absolute Gasteiger partial charge is 0.457 e. The molecule has 1 amide bonds. The minimum atomic E-state index is 0.0124. The number of likely N-dealkylation sites (tertiary alicyclic amines) is 1. The molecule has 0 unspecified atom stereocenters. The molecule has 2 aromatic heterocycles. The number of imidazole rings is 1. The number of hydrogen-bond donors (Lipinski definition) is 2. The number of pyridine rings is 1. The van der Waals surface area contributed by atoms with Crippen LogP contribution in [-0.2, 0) is 11.8 Å². The number of rotatable bonds is 6. The molecule has 9 heteroatoms. The lowest BCUT2D eigenvalue weighted by Crippen LogP contribution is -2.36. The van der Waals surface area contributed by atoms with Gasteiger partial charge in [-0.05, 0) is 75.4 Å². The Bertz CT molecular complexity index is 1350. The summed E-state index contributed by atoms with van der Waals surface area (Å²) in [5.41, 5.74) is 2.66. The molecular formula is C26H27ClN6O2. The van der Waals surface area contributed by atoms with Crippen molar-refractivity contribution in [3.05, 3.63) is 65.8 Å². The summed E-state index contributed by atoms with van der Waals surface area (Å²) in [7, 11) is 4.03. The van der Waals surface area contributed by atoms with Gasteiger partial charge in [0.25, 0.3) is 0 Å². The topological polar surface area (TPSA) is 84.3 Å². The van der Waals surface area contributed by atoms with Crippen molar-refractivity contribution in [1.29, 1.82) is 0 Å². The molecule has 3 heterocycles. The molecule has 0 bridgehead atoms. The van der Waals surface area contributed by atoms with Crippen LogP contribution in [0.5, 0.6) is 11.5 Å². The highest BCUT2D eigenvalue weighted by Gasteiger charge is 2.23. The van der Waals surface area contributed by atoms with Crippen molar-refractivity contribution in [2.24, 2.45) is 13.0 Å². The lowest BCUT2D eigenvalue weighted by atomic mass is 9.96. The molecule has 180 valence electrons. The summed E-state index contributed by atoms with van der Waals surface area (Å²) in [6, 6.07) is 16.7. The molecule has 2 N–H and O–H groups in total. The van der Waals surface area contributed by atoms with Crippen molar-refractivity contribution in [2.75, 3.05) is 30.8 Å². The Morgan fingerprint density at radius 2 is 1.77 bits per heavy atom. The van der Waals surface area contributed by atoms with Crippen molar-refractivity contribution in [3.63, 3.8) is 0 Å². The summed E-state index contributed by atoms with van der Waals surface area (Å²) in [5, 5.41) is 6.94. The number of piperidine rings is 1. The van der Waals surface area contributed by atoms with Gasteiger partial charge in [-0.1, -0.05) is 11.6 Å². The van der Waals surface area contributed by atoms with Crippen LogP contribution < -0.4 is 15.4 Å². The Balaban J connectivity index is 1.28. The standard InChI is InChI=1S/C26H27ClN6O2/c1-32-13-10-17(11-14-32)25(34)31-24-16-21(9-12-28-24)35-20-7-8-23-22(15-20)30-26(33(23)2)29-19-5-3-18(27)4-6-19/h3-9,12,15-17H,10-11,13-14H2,1-2H3,(H,29,30)(H,28,31,34). The lowest BCUT2D eigenvalue weighted by Gasteiger charge is -2.27. The smallest absolute Gasteiger partial charge is 0.228 e. The zero-order valence-corrected chi connectivity index (χ0v) is 20.4. The highest BCUT2D eigenvalue weighted by Crippen LogP contribution is 2.29. The fourth-order valence-corrected chi connectivity index (χ4v) is 4.32. The summed E-state index contributed by atoms with van der Waals surface area (Å²) in [4.78, 5) is 23.9. The molecular weight excluding hydrogens is 464 g/mol. The number of halogens is 1. The van der Waals surface area contributed by atoms with Crippen LogP contribution in [0.1, 0.15) is 12.8 Å². The van der Waals surface area contributed by atoms with Crippen LogP contribution in [0.25, 0.3) is 11.0 Å². The first-order chi connectivity index (χ1) is 16.9. The maximum absolute atomic E-state index is 12.6. The molecule has 1 aliphatic heterocycles. The van der Waals surface area contributed by atoms with Gasteiger partial charge in [0, 0.05) is 42.0 Å². The first-order valence-corrected chi connectivity index (χ1v) is 11.9. The monoisotopic (exact) mass is 490 g/mol. The number of carbonyl (C=O) groups is 1. The van der Waals surface area contributed by atoms with Crippen LogP contribution in [0, 0.1) is 5.92 Å². The number of amides is 1. The Hall–Kier alpha value is -3.62. The van der Waals surface area contributed by atoms with Crippen LogP contribution in [0.2, 0.25) is 5.02 Å². The van der Waals surface area contributed by atoms with E-state index in [-0.39, 0.29) is 11.8 Å². The van der Waals surface area contributed by atoms with Gasteiger partial charge in [0.2, 0.25) is 11.9 Å². The molecule has 1 fully saturated rings. The maximum atomic E-state index is 12.6. The summed E-state index contributed by atoms with van der Waals surface area (Å²) < 4.78 is 8.05. The zero-order valence-electron chi connectivity index (χ0n) is 19.7. The Morgan fingerprint density at radius 3 is 2.54 bits per heavy atom. The molecule has 4 aromatic rings. The SMILES string of the molecule is CN1CCC(C(=O)Nc2cc(Oc3ccc4c(c3)nc(Nc3ccc(Cl)cc3)n4C)ccn2)CC1. The number of nitrogens with zero attached hydrogens (tertiary/aromatic N) is 4. The average molecular weight is 491 g/mol. The molecule has 1 aliphatic rings. The van der Waals surface area contributed by atoms with E-state index < -0.39 is 0 Å². The van der Waals surface area contributed by atoms with Gasteiger partial charge in [-0.3, -0.25) is 4.79 Å². The van der Waals surface area contributed by atoms with Crippen molar-refractivity contribution < 1.29 is 9.53 Å². The van der Waals surface area contributed by atoms with E-state index in [1.54, 1.807) is 18.3 Å². The third kappa shape index (κ3) is 5.39. The van der Waals surface area contributed by atoms with Gasteiger partial charge in [0.1, 0.15) is 17.3 Å². The molecule has 0 spiro atoms. The predicted molar refractivity (Wildman–Crippen MR) is 139 cm³/mol. The molecule has 0 atom stereocenters. The summed E-state index contributed by atoms with van der Waals surface area (Å²) in [6.07, 6.45) is 3.35. The van der Waals surface area contributed by atoms with E-state index >= 15 is 0 Å². The van der Waals surface area contributed by atoms with Gasteiger partial charge in [0.15, 0.2) is 0 Å². The molecule has 0 saturated carbocycles. The third-order valence-corrected chi connectivity index (χ3v) is 6.51. The number of aryl methyl sites for hydroxylation is 1. The zero-order chi connectivity index (χ0) is 24.4. The van der Waals surface area contributed by atoms with E-state index in [2.05, 4.69) is 27.6 Å². The minimum absolute atomic E-state index is 0.0124. The van der Waals surface area contributed by atoms with Gasteiger partial charge in [-0.15, -0.1) is 0 Å². The molecule has 5 rings (SSSR count). The Morgan fingerprint density at radius 1 is 1.03 bits per heavy atom. The summed E-state index contributed by atoms with van der Waals surface area (Å²) in [6.45, 7) is 1.86. The van der Waals surface area contributed by atoms with Crippen LogP contribution >= 0.6 is 11.6 Å². The second-order valence-electron chi connectivity index (χ2n) is 8.82. The quantitative estimate of drug-likeness (QED) is 0.374. The van der Waals surface area contributed by atoms with Crippen molar-refractivity contribution in [3.8, 4) is 11.5 Å². The number of aromatic nitrogens is 3. The highest BCUT2D eigenvalue weighted by molar-refractivity contribution is 6.30. The predicted octanol–water partition coefficient (Wildman–Crippen LogP) is 5.44. The third-order valence-electron chi connectivity index (χ3n) is 6.26. The molecule has 0 radical (unpaired) electrons. The molecule has 2 aromatic carbocycles. The van der Waals surface area contributed by atoms with Crippen LogP contribution in [0.4, 0.5) is 17.5 Å². The van der Waals surface area contributed by atoms with E-state index in [0.29, 0.717) is 28.3 Å². The van der Waals surface area contributed by atoms with E-state index in [0.717, 1.165) is 42.7 Å². The fraction of sp³-hybridized carbons (Fsp3) is 0.269. The van der Waals surface area contributed by atoms with E-state index in [1.165, 1.54) is 0 Å². The number of carbonyl (C=O) groups excluding carboxylic acids is 1. The number of ether oxygens (including phenoxy) is 1. The highest BCUT2D eigenvalue weighted by atomic mass is 35.5. The molecule has 35 heavy (non-hydrogen) atoms. The first-order valence-electron chi connectivity index (χ1n) is 11.6. The number of anilines is 3. The van der Waals surface area contributed by atoms with Gasteiger partial charge < -0.3 is 24.8 Å². The normalized spacial score (nSPS) is 14.7. The summed E-state index contributed by atoms with van der Waals surface area (Å²) in [5.74, 6) is 2.46. The van der Waals surface area contributed by atoms with Gasteiger partial charge in [-0.25, -0.2) is 9.97 Å². The fourth-order valence-electron chi connectivity index (χ4n) is 4.20. The first kappa shape index (κ1) is 23.1.